The summed E-state index contributed by atoms with van der Waals surface area (Å²) in [6.07, 6.45) is 9.80. The molecular formula is C21H29ClN2O2. The van der Waals surface area contributed by atoms with E-state index in [9.17, 15) is 9.59 Å². The molecule has 1 aromatic rings. The first kappa shape index (κ1) is 19.4. The topological polar surface area (TPSA) is 58.2 Å². The maximum Gasteiger partial charge on any atom is 0.220 e. The zero-order valence-electron chi connectivity index (χ0n) is 15.3. The molecule has 5 heteroatoms. The Morgan fingerprint density at radius 2 is 1.69 bits per heavy atom. The summed E-state index contributed by atoms with van der Waals surface area (Å²) in [4.78, 5) is 24.7. The number of fused-ring (bicyclic) bond motifs is 3. The Hall–Kier alpha value is -1.39. The summed E-state index contributed by atoms with van der Waals surface area (Å²) < 4.78 is 0. The monoisotopic (exact) mass is 376 g/mol. The zero-order valence-corrected chi connectivity index (χ0v) is 16.1. The summed E-state index contributed by atoms with van der Waals surface area (Å²) in [6.45, 7) is 0. The number of nitrogens with one attached hydrogen (secondary N) is 2. The Morgan fingerprint density at radius 1 is 1.00 bits per heavy atom. The van der Waals surface area contributed by atoms with Crippen molar-refractivity contribution in [2.75, 3.05) is 0 Å². The number of rotatable bonds is 5. The highest BCUT2D eigenvalue weighted by Gasteiger charge is 2.33. The normalized spacial score (nSPS) is 26.5. The molecule has 2 fully saturated rings. The van der Waals surface area contributed by atoms with E-state index in [-0.39, 0.29) is 30.1 Å². The van der Waals surface area contributed by atoms with Gasteiger partial charge in [0.15, 0.2) is 5.78 Å². The van der Waals surface area contributed by atoms with Crippen LogP contribution in [0.25, 0.3) is 0 Å². The van der Waals surface area contributed by atoms with E-state index in [2.05, 4.69) is 22.8 Å². The van der Waals surface area contributed by atoms with Gasteiger partial charge in [-0.15, -0.1) is 12.4 Å². The molecular weight excluding hydrogens is 348 g/mol. The van der Waals surface area contributed by atoms with Crippen molar-refractivity contribution in [3.63, 3.8) is 0 Å². The van der Waals surface area contributed by atoms with Crippen LogP contribution < -0.4 is 10.6 Å². The zero-order chi connectivity index (χ0) is 17.2. The van der Waals surface area contributed by atoms with E-state index in [1.807, 2.05) is 6.07 Å². The Morgan fingerprint density at radius 3 is 2.42 bits per heavy atom. The first-order valence-electron chi connectivity index (χ1n) is 9.88. The molecule has 2 N–H and O–H groups in total. The van der Waals surface area contributed by atoms with E-state index >= 15 is 0 Å². The van der Waals surface area contributed by atoms with Gasteiger partial charge in [0.25, 0.3) is 0 Å². The highest BCUT2D eigenvalue weighted by Crippen LogP contribution is 2.27. The van der Waals surface area contributed by atoms with Gasteiger partial charge in [-0.3, -0.25) is 9.59 Å². The Balaban J connectivity index is 0.00000196. The van der Waals surface area contributed by atoms with Gasteiger partial charge in [0.1, 0.15) is 0 Å². The second-order valence-electron chi connectivity index (χ2n) is 7.99. The van der Waals surface area contributed by atoms with Gasteiger partial charge < -0.3 is 10.6 Å². The molecule has 1 amide bonds. The van der Waals surface area contributed by atoms with E-state index in [0.29, 0.717) is 24.9 Å². The molecule has 2 heterocycles. The predicted molar refractivity (Wildman–Crippen MR) is 105 cm³/mol. The molecule has 1 aromatic carbocycles. The lowest BCUT2D eigenvalue weighted by molar-refractivity contribution is -0.122. The van der Waals surface area contributed by atoms with Crippen LogP contribution in [-0.2, 0) is 17.6 Å². The molecule has 0 saturated carbocycles. The lowest BCUT2D eigenvalue weighted by atomic mass is 9.89. The lowest BCUT2D eigenvalue weighted by Crippen LogP contribution is -2.48. The van der Waals surface area contributed by atoms with E-state index in [1.54, 1.807) is 0 Å². The van der Waals surface area contributed by atoms with Crippen molar-refractivity contribution in [2.45, 2.75) is 82.3 Å². The van der Waals surface area contributed by atoms with Gasteiger partial charge in [0.05, 0.1) is 0 Å². The highest BCUT2D eigenvalue weighted by atomic mass is 35.5. The number of hydrogen-bond donors (Lipinski definition) is 2. The van der Waals surface area contributed by atoms with Crippen LogP contribution in [0.1, 0.15) is 72.9 Å². The highest BCUT2D eigenvalue weighted by molar-refractivity contribution is 5.98. The molecule has 2 unspecified atom stereocenters. The number of piperidine rings is 1. The molecule has 0 aromatic heterocycles. The van der Waals surface area contributed by atoms with Crippen molar-refractivity contribution in [1.29, 1.82) is 0 Å². The quantitative estimate of drug-likeness (QED) is 0.775. The Labute approximate surface area is 161 Å². The van der Waals surface area contributed by atoms with Crippen LogP contribution in [-0.4, -0.2) is 29.8 Å². The summed E-state index contributed by atoms with van der Waals surface area (Å²) in [5.74, 6) is 0.117. The Kier molecular flexibility index (Phi) is 6.36. The van der Waals surface area contributed by atoms with Crippen molar-refractivity contribution in [3.8, 4) is 0 Å². The minimum atomic E-state index is 0. The summed E-state index contributed by atoms with van der Waals surface area (Å²) in [5.41, 5.74) is 3.49. The van der Waals surface area contributed by atoms with Gasteiger partial charge in [-0.2, -0.15) is 0 Å². The molecule has 2 saturated heterocycles. The number of hydrogen-bond acceptors (Lipinski definition) is 3. The summed E-state index contributed by atoms with van der Waals surface area (Å²) in [7, 11) is 0. The third-order valence-corrected chi connectivity index (χ3v) is 6.09. The van der Waals surface area contributed by atoms with Gasteiger partial charge in [0.2, 0.25) is 5.91 Å². The molecule has 4 rings (SSSR count). The number of amides is 1. The molecule has 142 valence electrons. The van der Waals surface area contributed by atoms with Crippen LogP contribution in [0.5, 0.6) is 0 Å². The first-order valence-corrected chi connectivity index (χ1v) is 9.88. The standard InChI is InChI=1S/C21H28N2O2.ClH/c24-20(16-6-5-14-3-1-2-4-15(14)11-16)9-10-21(25)23-19-12-17-7-8-18(13-19)22-17;/h5-6,11,17-19,22H,1-4,7-10,12-13H2,(H,23,25);1H. The minimum absolute atomic E-state index is 0. The predicted octanol–water partition coefficient (Wildman–Crippen LogP) is 3.35. The van der Waals surface area contributed by atoms with Crippen molar-refractivity contribution in [1.82, 2.24) is 10.6 Å². The first-order chi connectivity index (χ1) is 12.2. The smallest absolute Gasteiger partial charge is 0.220 e. The van der Waals surface area contributed by atoms with Gasteiger partial charge in [-0.05, 0) is 68.6 Å². The molecule has 26 heavy (non-hydrogen) atoms. The summed E-state index contributed by atoms with van der Waals surface area (Å²) in [6, 6.07) is 7.52. The van der Waals surface area contributed by atoms with E-state index < -0.39 is 0 Å². The maximum absolute atomic E-state index is 12.5. The largest absolute Gasteiger partial charge is 0.353 e. The summed E-state index contributed by atoms with van der Waals surface area (Å²) >= 11 is 0. The molecule has 4 nitrogen and oxygen atoms in total. The lowest BCUT2D eigenvalue weighted by Gasteiger charge is -2.29. The van der Waals surface area contributed by atoms with E-state index in [0.717, 1.165) is 31.2 Å². The van der Waals surface area contributed by atoms with Crippen LogP contribution >= 0.6 is 12.4 Å². The van der Waals surface area contributed by atoms with Gasteiger partial charge in [0, 0.05) is 36.5 Å². The van der Waals surface area contributed by atoms with Crippen LogP contribution in [0.15, 0.2) is 18.2 Å². The number of ketones is 1. The average Bonchev–Trinajstić information content (AvgIpc) is 2.97. The maximum atomic E-state index is 12.5. The minimum Gasteiger partial charge on any atom is -0.353 e. The fourth-order valence-electron chi connectivity index (χ4n) is 4.75. The number of carbonyl (C=O) groups is 2. The number of benzene rings is 1. The van der Waals surface area contributed by atoms with Crippen LogP contribution in [0.4, 0.5) is 0 Å². The number of halogens is 1. The van der Waals surface area contributed by atoms with Gasteiger partial charge in [-0.1, -0.05) is 12.1 Å². The number of carbonyl (C=O) groups excluding carboxylic acids is 2. The van der Waals surface area contributed by atoms with E-state index in [4.69, 9.17) is 0 Å². The molecule has 1 aliphatic carbocycles. The second kappa shape index (κ2) is 8.53. The SMILES string of the molecule is Cl.O=C(CCC(=O)c1ccc2c(c1)CCCC2)NC1CC2CCC(C1)N2. The number of Topliss-reactive ketones (excluding diaryl/α,β-unsaturated/α-hetero) is 1. The van der Waals surface area contributed by atoms with Crippen molar-refractivity contribution >= 4 is 24.1 Å². The van der Waals surface area contributed by atoms with Gasteiger partial charge in [-0.25, -0.2) is 0 Å². The molecule has 3 aliphatic rings. The van der Waals surface area contributed by atoms with Crippen molar-refractivity contribution in [3.05, 3.63) is 34.9 Å². The molecule has 2 atom stereocenters. The van der Waals surface area contributed by atoms with Crippen molar-refractivity contribution < 1.29 is 9.59 Å². The third kappa shape index (κ3) is 4.47. The van der Waals surface area contributed by atoms with Crippen LogP contribution in [0.3, 0.4) is 0 Å². The van der Waals surface area contributed by atoms with Crippen LogP contribution in [0.2, 0.25) is 0 Å². The second-order valence-corrected chi connectivity index (χ2v) is 7.99. The summed E-state index contributed by atoms with van der Waals surface area (Å²) in [5, 5.41) is 6.73. The molecule has 2 aliphatic heterocycles. The van der Waals surface area contributed by atoms with Crippen molar-refractivity contribution in [2.24, 2.45) is 0 Å². The fourth-order valence-corrected chi connectivity index (χ4v) is 4.75. The molecule has 0 spiro atoms. The molecule has 0 radical (unpaired) electrons. The third-order valence-electron chi connectivity index (χ3n) is 6.09. The van der Waals surface area contributed by atoms with Crippen LogP contribution in [0, 0.1) is 0 Å². The fraction of sp³-hybridized carbons (Fsp3) is 0.619. The Bertz CT molecular complexity index is 664. The molecule has 2 bridgehead atoms. The number of aryl methyl sites for hydroxylation is 2. The van der Waals surface area contributed by atoms with E-state index in [1.165, 1.54) is 36.8 Å². The van der Waals surface area contributed by atoms with Gasteiger partial charge >= 0.3 is 0 Å². The average molecular weight is 377 g/mol.